The number of rotatable bonds is 2. The number of hydrogen-bond acceptors (Lipinski definition) is 5. The standard InChI is InChI=1S/C10H13BFNO4/c1-10(2,3)17-9(14)8-7(12)4-6(5-13-8)11(15)16/h4-5,15-16H,1-3H3. The van der Waals surface area contributed by atoms with Crippen LogP contribution in [0.5, 0.6) is 0 Å². The van der Waals surface area contributed by atoms with Crippen LogP contribution in [0.3, 0.4) is 0 Å². The van der Waals surface area contributed by atoms with Crippen molar-refractivity contribution in [3.8, 4) is 0 Å². The summed E-state index contributed by atoms with van der Waals surface area (Å²) in [6, 6.07) is 0.830. The largest absolute Gasteiger partial charge is 0.490 e. The average Bonchev–Trinajstić information content (AvgIpc) is 2.14. The van der Waals surface area contributed by atoms with Crippen LogP contribution >= 0.6 is 0 Å². The highest BCUT2D eigenvalue weighted by atomic mass is 19.1. The van der Waals surface area contributed by atoms with Crippen LogP contribution in [0, 0.1) is 5.82 Å². The van der Waals surface area contributed by atoms with E-state index < -0.39 is 30.2 Å². The van der Waals surface area contributed by atoms with Crippen LogP contribution in [0.2, 0.25) is 0 Å². The van der Waals surface area contributed by atoms with Gasteiger partial charge in [-0.05, 0) is 26.8 Å². The molecule has 1 heterocycles. The normalized spacial score (nSPS) is 11.2. The second kappa shape index (κ2) is 4.81. The molecule has 0 aliphatic carbocycles. The molecule has 0 amide bonds. The molecule has 0 unspecified atom stereocenters. The van der Waals surface area contributed by atoms with E-state index in [0.717, 1.165) is 12.3 Å². The van der Waals surface area contributed by atoms with Crippen LogP contribution in [-0.2, 0) is 4.74 Å². The molecule has 5 nitrogen and oxygen atoms in total. The predicted octanol–water partition coefficient (Wildman–Crippen LogP) is -0.144. The van der Waals surface area contributed by atoms with Crippen molar-refractivity contribution in [2.24, 2.45) is 0 Å². The summed E-state index contributed by atoms with van der Waals surface area (Å²) < 4.78 is 18.4. The average molecular weight is 241 g/mol. The maximum absolute atomic E-state index is 13.5. The number of halogens is 1. The fourth-order valence-corrected chi connectivity index (χ4v) is 1.07. The third-order valence-corrected chi connectivity index (χ3v) is 1.75. The lowest BCUT2D eigenvalue weighted by Gasteiger charge is -2.19. The molecular formula is C10H13BFNO4. The number of pyridine rings is 1. The number of esters is 1. The van der Waals surface area contributed by atoms with Gasteiger partial charge in [0.05, 0.1) is 0 Å². The molecule has 0 saturated carbocycles. The molecule has 2 N–H and O–H groups in total. The van der Waals surface area contributed by atoms with E-state index in [1.54, 1.807) is 20.8 Å². The number of carbonyl (C=O) groups is 1. The Kier molecular flexibility index (Phi) is 3.85. The number of nitrogens with zero attached hydrogens (tertiary/aromatic N) is 1. The Morgan fingerprint density at radius 2 is 2.06 bits per heavy atom. The quantitative estimate of drug-likeness (QED) is 0.556. The Balaban J connectivity index is 2.96. The number of hydrogen-bond donors (Lipinski definition) is 2. The first-order chi connectivity index (χ1) is 7.70. The first-order valence-corrected chi connectivity index (χ1v) is 4.95. The summed E-state index contributed by atoms with van der Waals surface area (Å²) in [4.78, 5) is 15.0. The lowest BCUT2D eigenvalue weighted by molar-refractivity contribution is 0.00576. The third kappa shape index (κ3) is 3.79. The highest BCUT2D eigenvalue weighted by Gasteiger charge is 2.23. The highest BCUT2D eigenvalue weighted by molar-refractivity contribution is 6.58. The first-order valence-electron chi connectivity index (χ1n) is 4.95. The maximum atomic E-state index is 13.5. The van der Waals surface area contributed by atoms with Crippen molar-refractivity contribution in [3.05, 3.63) is 23.8 Å². The molecule has 0 fully saturated rings. The smallest absolute Gasteiger partial charge is 0.455 e. The first kappa shape index (κ1) is 13.6. The van der Waals surface area contributed by atoms with E-state index in [-0.39, 0.29) is 5.46 Å². The second-order valence-corrected chi connectivity index (χ2v) is 4.47. The van der Waals surface area contributed by atoms with E-state index in [2.05, 4.69) is 4.98 Å². The van der Waals surface area contributed by atoms with Gasteiger partial charge >= 0.3 is 13.1 Å². The van der Waals surface area contributed by atoms with E-state index in [0.29, 0.717) is 0 Å². The topological polar surface area (TPSA) is 79.7 Å². The Labute approximate surface area is 98.4 Å². The Morgan fingerprint density at radius 1 is 1.47 bits per heavy atom. The molecule has 0 spiro atoms. The molecular weight excluding hydrogens is 228 g/mol. The van der Waals surface area contributed by atoms with E-state index in [9.17, 15) is 9.18 Å². The molecule has 0 saturated heterocycles. The molecule has 1 aromatic heterocycles. The van der Waals surface area contributed by atoms with Gasteiger partial charge in [0.25, 0.3) is 0 Å². The summed E-state index contributed by atoms with van der Waals surface area (Å²) in [5.41, 5.74) is -1.36. The minimum absolute atomic E-state index is 0.130. The maximum Gasteiger partial charge on any atom is 0.490 e. The van der Waals surface area contributed by atoms with E-state index in [1.165, 1.54) is 0 Å². The van der Waals surface area contributed by atoms with Gasteiger partial charge in [-0.25, -0.2) is 14.2 Å². The number of carbonyl (C=O) groups excluding carboxylic acids is 1. The van der Waals surface area contributed by atoms with Gasteiger partial charge in [0.15, 0.2) is 11.5 Å². The van der Waals surface area contributed by atoms with Crippen LogP contribution in [0.4, 0.5) is 4.39 Å². The van der Waals surface area contributed by atoms with Gasteiger partial charge in [0, 0.05) is 11.7 Å². The molecule has 0 aliphatic heterocycles. The van der Waals surface area contributed by atoms with Crippen molar-refractivity contribution in [1.82, 2.24) is 4.98 Å². The Morgan fingerprint density at radius 3 is 2.47 bits per heavy atom. The Bertz CT molecular complexity index is 431. The minimum Gasteiger partial charge on any atom is -0.455 e. The van der Waals surface area contributed by atoms with Gasteiger partial charge in [0.2, 0.25) is 0 Å². The molecule has 0 bridgehead atoms. The van der Waals surface area contributed by atoms with Crippen molar-refractivity contribution < 1.29 is 24.0 Å². The molecule has 1 aromatic rings. The van der Waals surface area contributed by atoms with Crippen molar-refractivity contribution in [1.29, 1.82) is 0 Å². The molecule has 0 radical (unpaired) electrons. The summed E-state index contributed by atoms with van der Waals surface area (Å²) in [5.74, 6) is -1.85. The highest BCUT2D eigenvalue weighted by Crippen LogP contribution is 2.12. The molecule has 1 rings (SSSR count). The van der Waals surface area contributed by atoms with Crippen LogP contribution < -0.4 is 5.46 Å². The Hall–Kier alpha value is -1.47. The van der Waals surface area contributed by atoms with Crippen LogP contribution in [0.1, 0.15) is 31.3 Å². The lowest BCUT2D eigenvalue weighted by Crippen LogP contribution is -2.32. The van der Waals surface area contributed by atoms with Crippen molar-refractivity contribution in [3.63, 3.8) is 0 Å². The van der Waals surface area contributed by atoms with E-state index in [1.807, 2.05) is 0 Å². The fraction of sp³-hybridized carbons (Fsp3) is 0.400. The van der Waals surface area contributed by atoms with Crippen LogP contribution in [0.15, 0.2) is 12.3 Å². The summed E-state index contributed by atoms with van der Waals surface area (Å²) in [5, 5.41) is 17.6. The minimum atomic E-state index is -1.83. The van der Waals surface area contributed by atoms with Crippen molar-refractivity contribution in [2.75, 3.05) is 0 Å². The van der Waals surface area contributed by atoms with Gasteiger partial charge in [-0.1, -0.05) is 0 Å². The van der Waals surface area contributed by atoms with Gasteiger partial charge < -0.3 is 14.8 Å². The van der Waals surface area contributed by atoms with Crippen LogP contribution in [-0.4, -0.2) is 33.7 Å². The molecule has 0 atom stereocenters. The number of aromatic nitrogens is 1. The van der Waals surface area contributed by atoms with E-state index in [4.69, 9.17) is 14.8 Å². The van der Waals surface area contributed by atoms with E-state index >= 15 is 0 Å². The monoisotopic (exact) mass is 241 g/mol. The zero-order chi connectivity index (χ0) is 13.2. The number of ether oxygens (including phenoxy) is 1. The second-order valence-electron chi connectivity index (χ2n) is 4.47. The summed E-state index contributed by atoms with van der Waals surface area (Å²) in [7, 11) is -1.83. The van der Waals surface area contributed by atoms with Crippen LogP contribution in [0.25, 0.3) is 0 Å². The van der Waals surface area contributed by atoms with Gasteiger partial charge in [-0.3, -0.25) is 0 Å². The predicted molar refractivity (Wildman–Crippen MR) is 59.2 cm³/mol. The summed E-state index contributed by atoms with van der Waals surface area (Å²) >= 11 is 0. The fourth-order valence-electron chi connectivity index (χ4n) is 1.07. The molecule has 7 heteroatoms. The van der Waals surface area contributed by atoms with Gasteiger partial charge in [0.1, 0.15) is 5.60 Å². The van der Waals surface area contributed by atoms with Crippen molar-refractivity contribution in [2.45, 2.75) is 26.4 Å². The SMILES string of the molecule is CC(C)(C)OC(=O)c1ncc(B(O)O)cc1F. The summed E-state index contributed by atoms with van der Waals surface area (Å²) in [6.07, 6.45) is 1.01. The lowest BCUT2D eigenvalue weighted by atomic mass is 9.81. The van der Waals surface area contributed by atoms with Crippen molar-refractivity contribution >= 4 is 18.6 Å². The van der Waals surface area contributed by atoms with Gasteiger partial charge in [-0.15, -0.1) is 0 Å². The zero-order valence-corrected chi connectivity index (χ0v) is 9.77. The molecule has 0 aliphatic rings. The third-order valence-electron chi connectivity index (χ3n) is 1.75. The van der Waals surface area contributed by atoms with Gasteiger partial charge in [-0.2, -0.15) is 0 Å². The summed E-state index contributed by atoms with van der Waals surface area (Å²) in [6.45, 7) is 4.94. The molecule has 17 heavy (non-hydrogen) atoms. The molecule has 92 valence electrons. The molecule has 0 aromatic carbocycles. The zero-order valence-electron chi connectivity index (χ0n) is 9.77.